The predicted octanol–water partition coefficient (Wildman–Crippen LogP) is 0.369. The molecule has 0 saturated carbocycles. The van der Waals surface area contributed by atoms with Crippen molar-refractivity contribution in [3.63, 3.8) is 0 Å². The molecule has 0 aromatic carbocycles. The van der Waals surface area contributed by atoms with Gasteiger partial charge in [0.1, 0.15) is 12.2 Å². The summed E-state index contributed by atoms with van der Waals surface area (Å²) < 4.78 is 17.9. The maximum Gasteiger partial charge on any atom is 0.212 e. The van der Waals surface area contributed by atoms with Gasteiger partial charge in [0.2, 0.25) is 5.78 Å². The quantitative estimate of drug-likeness (QED) is 0.693. The normalized spacial score (nSPS) is 24.2. The van der Waals surface area contributed by atoms with Crippen LogP contribution in [0.2, 0.25) is 0 Å². The van der Waals surface area contributed by atoms with Gasteiger partial charge in [0.25, 0.3) is 0 Å². The van der Waals surface area contributed by atoms with Crippen molar-refractivity contribution in [2.45, 2.75) is 32.3 Å². The van der Waals surface area contributed by atoms with Crippen molar-refractivity contribution in [3.8, 4) is 0 Å². The summed E-state index contributed by atoms with van der Waals surface area (Å²) >= 11 is 0. The fraction of sp³-hybridized carbons (Fsp3) is 0.571. The number of fused-ring (bicyclic) bond motifs is 1. The maximum atomic E-state index is 12.6. The summed E-state index contributed by atoms with van der Waals surface area (Å²) in [6.45, 7) is 3.89. The summed E-state index contributed by atoms with van der Waals surface area (Å²) in [5, 5.41) is 0. The Labute approximate surface area is 158 Å². The van der Waals surface area contributed by atoms with Gasteiger partial charge in [0.15, 0.2) is 6.23 Å². The second kappa shape index (κ2) is 7.40. The smallest absolute Gasteiger partial charge is 0.212 e. The molecule has 3 rings (SSSR count). The van der Waals surface area contributed by atoms with Gasteiger partial charge in [-0.3, -0.25) is 9.78 Å². The second-order valence-corrected chi connectivity index (χ2v) is 5.15. The minimum absolute atomic E-state index is 0. The van der Waals surface area contributed by atoms with Crippen LogP contribution < -0.4 is 0 Å². The van der Waals surface area contributed by atoms with Crippen molar-refractivity contribution < 1.29 is 51.7 Å². The van der Waals surface area contributed by atoms with Crippen LogP contribution in [-0.4, -0.2) is 58.3 Å². The molecule has 1 fully saturated rings. The van der Waals surface area contributed by atoms with E-state index in [4.69, 9.17) is 14.2 Å². The molecule has 23 heavy (non-hydrogen) atoms. The van der Waals surface area contributed by atoms with E-state index in [1.807, 2.05) is 6.92 Å². The Bertz CT molecular complexity index is 720. The third-order valence-corrected chi connectivity index (χ3v) is 3.76. The summed E-state index contributed by atoms with van der Waals surface area (Å²) in [7, 11) is 3.03. The van der Waals surface area contributed by atoms with Crippen molar-refractivity contribution >= 4 is 16.9 Å². The molecule has 121 valence electrons. The van der Waals surface area contributed by atoms with Crippen LogP contribution in [0.4, 0.5) is 0 Å². The van der Waals surface area contributed by atoms with Gasteiger partial charge in [-0.2, -0.15) is 0 Å². The van der Waals surface area contributed by atoms with Crippen LogP contribution in [0.5, 0.6) is 0 Å². The molecule has 1 radical (unpaired) electrons. The topological polar surface area (TPSA) is 88.4 Å². The first-order valence-electron chi connectivity index (χ1n) is 6.88. The molecule has 0 spiro atoms. The van der Waals surface area contributed by atoms with E-state index in [-0.39, 0.29) is 45.1 Å². The van der Waals surface area contributed by atoms with Crippen LogP contribution in [0, 0.1) is 20.2 Å². The van der Waals surface area contributed by atoms with Crippen LogP contribution in [0.1, 0.15) is 17.7 Å². The first-order valence-corrected chi connectivity index (χ1v) is 6.88. The zero-order valence-electron chi connectivity index (χ0n) is 13.4. The zero-order chi connectivity index (χ0) is 15.9. The number of aryl methyl sites for hydroxylation is 2. The number of carbonyl (C=O) groups is 1. The SMILES string of the molecule is COC[C@H]1O[C@@H](n2c(C)nc3c(C)n[c-]nc32)C(=O)C1OC.[Y]. The molecular formula is C14H17N4O4Y-. The third-order valence-electron chi connectivity index (χ3n) is 3.76. The maximum absolute atomic E-state index is 12.6. The Balaban J connectivity index is 0.00000192. The molecule has 3 atom stereocenters. The number of nitrogens with zero attached hydrogens (tertiary/aromatic N) is 4. The summed E-state index contributed by atoms with van der Waals surface area (Å²) in [6.07, 6.45) is 0.604. The van der Waals surface area contributed by atoms with Gasteiger partial charge in [0, 0.05) is 58.8 Å². The molecular weight excluding hydrogens is 377 g/mol. The van der Waals surface area contributed by atoms with E-state index in [9.17, 15) is 4.79 Å². The van der Waals surface area contributed by atoms with Crippen LogP contribution in [0.15, 0.2) is 0 Å². The number of aromatic nitrogens is 4. The molecule has 8 nitrogen and oxygen atoms in total. The molecule has 9 heteroatoms. The molecule has 1 saturated heterocycles. The molecule has 1 aliphatic heterocycles. The summed E-state index contributed by atoms with van der Waals surface area (Å²) in [5.41, 5.74) is 1.86. The first-order chi connectivity index (χ1) is 10.6. The summed E-state index contributed by atoms with van der Waals surface area (Å²) in [4.78, 5) is 25.1. The van der Waals surface area contributed by atoms with Crippen LogP contribution >= 0.6 is 0 Å². The number of imidazole rings is 1. The molecule has 1 unspecified atom stereocenters. The minimum atomic E-state index is -0.835. The van der Waals surface area contributed by atoms with E-state index in [0.29, 0.717) is 22.7 Å². The van der Waals surface area contributed by atoms with Crippen molar-refractivity contribution in [1.29, 1.82) is 0 Å². The van der Waals surface area contributed by atoms with Crippen molar-refractivity contribution in [1.82, 2.24) is 19.5 Å². The van der Waals surface area contributed by atoms with Gasteiger partial charge >= 0.3 is 0 Å². The van der Waals surface area contributed by atoms with Gasteiger partial charge < -0.3 is 28.7 Å². The molecule has 0 N–H and O–H groups in total. The van der Waals surface area contributed by atoms with E-state index in [0.717, 1.165) is 0 Å². The third kappa shape index (κ3) is 3.10. The van der Waals surface area contributed by atoms with Crippen LogP contribution in [0.3, 0.4) is 0 Å². The Kier molecular flexibility index (Phi) is 5.96. The fourth-order valence-corrected chi connectivity index (χ4v) is 2.74. The number of Topliss-reactive ketones (excluding diaryl/α,β-unsaturated/α-hetero) is 1. The first kappa shape index (κ1) is 18.5. The molecule has 2 aromatic rings. The molecule has 0 bridgehead atoms. The summed E-state index contributed by atoms with van der Waals surface area (Å²) in [5.74, 6) is 0.446. The monoisotopic (exact) mass is 394 g/mol. The van der Waals surface area contributed by atoms with Gasteiger partial charge in [-0.25, -0.2) is 0 Å². The summed E-state index contributed by atoms with van der Waals surface area (Å²) in [6, 6.07) is 0. The molecule has 2 aromatic heterocycles. The van der Waals surface area contributed by atoms with Crippen molar-refractivity contribution in [3.05, 3.63) is 17.8 Å². The predicted molar refractivity (Wildman–Crippen MR) is 75.2 cm³/mol. The van der Waals surface area contributed by atoms with Crippen LogP contribution in [-0.2, 0) is 51.7 Å². The van der Waals surface area contributed by atoms with E-state index in [2.05, 4.69) is 21.3 Å². The van der Waals surface area contributed by atoms with E-state index in [1.165, 1.54) is 7.11 Å². The van der Waals surface area contributed by atoms with Gasteiger partial charge in [0.05, 0.1) is 18.1 Å². The van der Waals surface area contributed by atoms with E-state index in [1.54, 1.807) is 18.6 Å². The Morgan fingerprint density at radius 3 is 2.70 bits per heavy atom. The van der Waals surface area contributed by atoms with Gasteiger partial charge in [-0.15, -0.1) is 0 Å². The average molecular weight is 394 g/mol. The Morgan fingerprint density at radius 2 is 2.04 bits per heavy atom. The number of methoxy groups -OCH3 is 2. The average Bonchev–Trinajstić information content (AvgIpc) is 2.97. The van der Waals surface area contributed by atoms with Gasteiger partial charge in [-0.05, 0) is 12.6 Å². The molecule has 0 amide bonds. The Hall–Kier alpha value is -0.796. The van der Waals surface area contributed by atoms with E-state index < -0.39 is 18.4 Å². The zero-order valence-corrected chi connectivity index (χ0v) is 16.3. The van der Waals surface area contributed by atoms with Crippen LogP contribution in [0.25, 0.3) is 11.2 Å². The number of ether oxygens (including phenoxy) is 3. The van der Waals surface area contributed by atoms with E-state index >= 15 is 0 Å². The standard InChI is InChI=1S/C14H17N4O4.Y/c1-7-10-13(16-6-15-7)18(8(2)17-10)14-11(19)12(21-4)9(22-14)5-20-3;/h9,12,14H,5H2,1-4H3;/q-1;/t9-,12?,14-;/m1./s1. The fourth-order valence-electron chi connectivity index (χ4n) is 2.74. The molecule has 0 aliphatic carbocycles. The van der Waals surface area contributed by atoms with Gasteiger partial charge in [-0.1, -0.05) is 6.92 Å². The number of hydrogen-bond acceptors (Lipinski definition) is 7. The largest absolute Gasteiger partial charge is 0.382 e. The minimum Gasteiger partial charge on any atom is -0.382 e. The van der Waals surface area contributed by atoms with Crippen molar-refractivity contribution in [2.75, 3.05) is 20.8 Å². The Morgan fingerprint density at radius 1 is 1.30 bits per heavy atom. The number of hydrogen-bond donors (Lipinski definition) is 0. The molecule has 1 aliphatic rings. The second-order valence-electron chi connectivity index (χ2n) is 5.15. The number of rotatable bonds is 4. The van der Waals surface area contributed by atoms with Crippen molar-refractivity contribution in [2.24, 2.45) is 0 Å². The number of ketones is 1. The number of carbonyl (C=O) groups excluding carboxylic acids is 1. The molecule has 3 heterocycles.